The fourth-order valence-corrected chi connectivity index (χ4v) is 4.42. The van der Waals surface area contributed by atoms with Gasteiger partial charge in [-0.1, -0.05) is 55.8 Å². The molecular formula is C24H24N2O3S. The predicted molar refractivity (Wildman–Crippen MR) is 119 cm³/mol. The monoisotopic (exact) mass is 420 g/mol. The number of thiophene rings is 1. The molecule has 0 saturated heterocycles. The minimum Gasteiger partial charge on any atom is -0.482 e. The molecule has 1 aliphatic rings. The van der Waals surface area contributed by atoms with Gasteiger partial charge in [-0.2, -0.15) is 0 Å². The number of amides is 2. The lowest BCUT2D eigenvalue weighted by atomic mass is 10.0. The van der Waals surface area contributed by atoms with E-state index in [1.807, 2.05) is 29.6 Å². The number of carbonyl (C=O) groups excluding carboxylic acids is 2. The molecular weight excluding hydrogens is 396 g/mol. The quantitative estimate of drug-likeness (QED) is 0.619. The molecule has 6 heteroatoms. The molecule has 0 aliphatic carbocycles. The van der Waals surface area contributed by atoms with E-state index in [9.17, 15) is 9.59 Å². The molecule has 0 bridgehead atoms. The molecule has 1 aromatic heterocycles. The molecule has 0 spiro atoms. The highest BCUT2D eigenvalue weighted by molar-refractivity contribution is 7.10. The highest BCUT2D eigenvalue weighted by Crippen LogP contribution is 2.31. The van der Waals surface area contributed by atoms with E-state index < -0.39 is 0 Å². The van der Waals surface area contributed by atoms with Crippen molar-refractivity contribution in [3.05, 3.63) is 82.0 Å². The minimum absolute atomic E-state index is 0.0466. The summed E-state index contributed by atoms with van der Waals surface area (Å²) in [6.45, 7) is 2.06. The van der Waals surface area contributed by atoms with Crippen molar-refractivity contribution < 1.29 is 14.3 Å². The molecule has 3 aromatic rings. The second kappa shape index (κ2) is 9.13. The van der Waals surface area contributed by atoms with Crippen LogP contribution in [0.3, 0.4) is 0 Å². The topological polar surface area (TPSA) is 58.6 Å². The molecule has 0 radical (unpaired) electrons. The van der Waals surface area contributed by atoms with Crippen molar-refractivity contribution in [2.45, 2.75) is 25.8 Å². The highest BCUT2D eigenvalue weighted by atomic mass is 32.1. The second-order valence-electron chi connectivity index (χ2n) is 7.24. The summed E-state index contributed by atoms with van der Waals surface area (Å²) in [5, 5.41) is 5.12. The van der Waals surface area contributed by atoms with Crippen LogP contribution in [-0.4, -0.2) is 25.0 Å². The number of anilines is 1. The number of nitrogens with one attached hydrogen (secondary N) is 1. The molecule has 2 heterocycles. The third-order valence-corrected chi connectivity index (χ3v) is 6.03. The number of hydrogen-bond acceptors (Lipinski definition) is 4. The van der Waals surface area contributed by atoms with Crippen molar-refractivity contribution in [3.8, 4) is 5.75 Å². The molecule has 1 aliphatic heterocycles. The number of aryl methyl sites for hydroxylation is 1. The molecule has 0 saturated carbocycles. The van der Waals surface area contributed by atoms with E-state index in [0.29, 0.717) is 11.4 Å². The maximum Gasteiger partial charge on any atom is 0.265 e. The molecule has 0 fully saturated rings. The largest absolute Gasteiger partial charge is 0.482 e. The number of hydrogen-bond donors (Lipinski definition) is 1. The second-order valence-corrected chi connectivity index (χ2v) is 8.22. The normalized spacial score (nSPS) is 14.0. The van der Waals surface area contributed by atoms with Crippen molar-refractivity contribution in [3.63, 3.8) is 0 Å². The zero-order chi connectivity index (χ0) is 20.9. The third-order valence-electron chi connectivity index (χ3n) is 5.09. The van der Waals surface area contributed by atoms with Crippen LogP contribution in [0.2, 0.25) is 0 Å². The Kier molecular flexibility index (Phi) is 6.14. The van der Waals surface area contributed by atoms with E-state index in [2.05, 4.69) is 36.5 Å². The maximum absolute atomic E-state index is 13.0. The number of para-hydroxylation sites is 2. The van der Waals surface area contributed by atoms with Gasteiger partial charge in [-0.3, -0.25) is 14.5 Å². The molecule has 2 amide bonds. The van der Waals surface area contributed by atoms with Gasteiger partial charge in [0, 0.05) is 4.88 Å². The summed E-state index contributed by atoms with van der Waals surface area (Å²) in [6, 6.07) is 19.4. The van der Waals surface area contributed by atoms with Gasteiger partial charge in [-0.25, -0.2) is 0 Å². The summed E-state index contributed by atoms with van der Waals surface area (Å²) < 4.78 is 5.47. The minimum atomic E-state index is -0.250. The Bertz CT molecular complexity index is 1020. The summed E-state index contributed by atoms with van der Waals surface area (Å²) in [5.41, 5.74) is 2.94. The van der Waals surface area contributed by atoms with Gasteiger partial charge in [0.05, 0.1) is 11.7 Å². The fraction of sp³-hybridized carbons (Fsp3) is 0.250. The van der Waals surface area contributed by atoms with E-state index >= 15 is 0 Å². The van der Waals surface area contributed by atoms with Gasteiger partial charge in [-0.15, -0.1) is 11.3 Å². The Morgan fingerprint density at radius 2 is 1.93 bits per heavy atom. The third kappa shape index (κ3) is 4.39. The van der Waals surface area contributed by atoms with Gasteiger partial charge < -0.3 is 10.1 Å². The lowest BCUT2D eigenvalue weighted by Gasteiger charge is -2.29. The van der Waals surface area contributed by atoms with Crippen molar-refractivity contribution >= 4 is 28.8 Å². The van der Waals surface area contributed by atoms with Gasteiger partial charge in [0.25, 0.3) is 5.91 Å². The number of carbonyl (C=O) groups is 2. The number of nitrogens with zero attached hydrogens (tertiary/aromatic N) is 1. The van der Waals surface area contributed by atoms with Crippen LogP contribution in [0.4, 0.5) is 5.69 Å². The maximum atomic E-state index is 13.0. The zero-order valence-corrected chi connectivity index (χ0v) is 17.7. The highest BCUT2D eigenvalue weighted by Gasteiger charge is 2.28. The van der Waals surface area contributed by atoms with Gasteiger partial charge in [0.15, 0.2) is 6.61 Å². The molecule has 5 nitrogen and oxygen atoms in total. The van der Waals surface area contributed by atoms with Crippen LogP contribution in [-0.2, 0) is 16.0 Å². The van der Waals surface area contributed by atoms with E-state index in [1.165, 1.54) is 10.5 Å². The van der Waals surface area contributed by atoms with Crippen molar-refractivity contribution in [1.29, 1.82) is 0 Å². The lowest BCUT2D eigenvalue weighted by Crippen LogP contribution is -2.45. The molecule has 1 atom stereocenters. The first-order chi connectivity index (χ1) is 14.7. The van der Waals surface area contributed by atoms with Crippen molar-refractivity contribution in [2.75, 3.05) is 18.1 Å². The van der Waals surface area contributed by atoms with Gasteiger partial charge in [-0.05, 0) is 41.1 Å². The van der Waals surface area contributed by atoms with Crippen LogP contribution in [0.25, 0.3) is 0 Å². The summed E-state index contributed by atoms with van der Waals surface area (Å²) in [4.78, 5) is 27.9. The number of fused-ring (bicyclic) bond motifs is 1. The lowest BCUT2D eigenvalue weighted by molar-refractivity contribution is -0.125. The zero-order valence-electron chi connectivity index (χ0n) is 16.8. The number of rotatable bonds is 7. The van der Waals surface area contributed by atoms with Crippen molar-refractivity contribution in [1.82, 2.24) is 5.32 Å². The standard InChI is InChI=1S/C24H24N2O3S/c1-2-6-17-10-12-18(13-11-17)24(21-9-5-14-30-21)25-22(27)15-26-19-7-3-4-8-20(19)29-16-23(26)28/h3-5,7-14,24H,2,6,15-16H2,1H3,(H,25,27)/t24-/m1/s1. The van der Waals surface area contributed by atoms with Gasteiger partial charge >= 0.3 is 0 Å². The molecule has 154 valence electrons. The Morgan fingerprint density at radius 3 is 2.67 bits per heavy atom. The van der Waals surface area contributed by atoms with E-state index in [4.69, 9.17) is 4.74 Å². The van der Waals surface area contributed by atoms with Crippen LogP contribution < -0.4 is 15.0 Å². The van der Waals surface area contributed by atoms with Crippen LogP contribution in [0.5, 0.6) is 5.75 Å². The Labute approximate surface area is 180 Å². The van der Waals surface area contributed by atoms with Crippen LogP contribution >= 0.6 is 11.3 Å². The molecule has 30 heavy (non-hydrogen) atoms. The van der Waals surface area contributed by atoms with Crippen LogP contribution in [0, 0.1) is 0 Å². The Morgan fingerprint density at radius 1 is 1.13 bits per heavy atom. The summed E-state index contributed by atoms with van der Waals surface area (Å²) in [6.07, 6.45) is 2.13. The Hall–Kier alpha value is -3.12. The average Bonchev–Trinajstić information content (AvgIpc) is 3.30. The van der Waals surface area contributed by atoms with E-state index in [0.717, 1.165) is 23.3 Å². The first-order valence-corrected chi connectivity index (χ1v) is 11.0. The van der Waals surface area contributed by atoms with E-state index in [1.54, 1.807) is 23.5 Å². The average molecular weight is 421 g/mol. The predicted octanol–water partition coefficient (Wildman–Crippen LogP) is 4.33. The summed E-state index contributed by atoms with van der Waals surface area (Å²) in [7, 11) is 0. The molecule has 4 rings (SSSR count). The SMILES string of the molecule is CCCc1ccc([C@@H](NC(=O)CN2C(=O)COc3ccccc32)c2cccs2)cc1. The number of benzene rings is 2. The van der Waals surface area contributed by atoms with Gasteiger partial charge in [0.2, 0.25) is 5.91 Å². The summed E-state index contributed by atoms with van der Waals surface area (Å²) >= 11 is 1.60. The smallest absolute Gasteiger partial charge is 0.265 e. The van der Waals surface area contributed by atoms with Gasteiger partial charge in [0.1, 0.15) is 12.3 Å². The first kappa shape index (κ1) is 20.2. The molecule has 0 unspecified atom stereocenters. The fourth-order valence-electron chi connectivity index (χ4n) is 3.62. The first-order valence-electron chi connectivity index (χ1n) is 10.1. The summed E-state index contributed by atoms with van der Waals surface area (Å²) in [5.74, 6) is 0.183. The van der Waals surface area contributed by atoms with E-state index in [-0.39, 0.29) is 31.0 Å². The molecule has 2 aromatic carbocycles. The van der Waals surface area contributed by atoms with Crippen LogP contribution in [0.1, 0.15) is 35.4 Å². The number of ether oxygens (including phenoxy) is 1. The molecule has 1 N–H and O–H groups in total. The van der Waals surface area contributed by atoms with Crippen molar-refractivity contribution in [2.24, 2.45) is 0 Å². The van der Waals surface area contributed by atoms with Crippen LogP contribution in [0.15, 0.2) is 66.0 Å². The Balaban J connectivity index is 1.54.